The first-order valence-electron chi connectivity index (χ1n) is 12.1. The fraction of sp³-hybridized carbons (Fsp3) is 0.500. The van der Waals surface area contributed by atoms with Crippen LogP contribution in [0.25, 0.3) is 11.1 Å². The monoisotopic (exact) mass is 447 g/mol. The first-order chi connectivity index (χ1) is 15.8. The lowest BCUT2D eigenvalue weighted by atomic mass is 9.78. The lowest BCUT2D eigenvalue weighted by Crippen LogP contribution is -2.60. The summed E-state index contributed by atoms with van der Waals surface area (Å²) in [6.07, 6.45) is 1.62. The molecule has 5 heteroatoms. The van der Waals surface area contributed by atoms with E-state index in [4.69, 9.17) is 9.47 Å². The topological polar surface area (TPSA) is 55.8 Å². The van der Waals surface area contributed by atoms with Crippen molar-refractivity contribution in [2.24, 2.45) is 11.3 Å². The van der Waals surface area contributed by atoms with Crippen molar-refractivity contribution < 1.29 is 19.1 Å². The Morgan fingerprint density at radius 1 is 0.939 bits per heavy atom. The molecule has 174 valence electrons. The van der Waals surface area contributed by atoms with Crippen LogP contribution in [0.1, 0.15) is 57.1 Å². The third-order valence-corrected chi connectivity index (χ3v) is 7.23. The van der Waals surface area contributed by atoms with Crippen molar-refractivity contribution in [1.82, 2.24) is 4.90 Å². The van der Waals surface area contributed by atoms with Crippen LogP contribution in [0.5, 0.6) is 0 Å². The van der Waals surface area contributed by atoms with E-state index in [-0.39, 0.29) is 35.4 Å². The van der Waals surface area contributed by atoms with Gasteiger partial charge in [-0.1, -0.05) is 69.3 Å². The number of nitrogens with zero attached hydrogens (tertiary/aromatic N) is 1. The van der Waals surface area contributed by atoms with E-state index in [2.05, 4.69) is 57.2 Å². The van der Waals surface area contributed by atoms with Gasteiger partial charge in [-0.25, -0.2) is 4.79 Å². The number of ether oxygens (including phenoxy) is 2. The molecule has 2 heterocycles. The zero-order chi connectivity index (χ0) is 23.2. The highest BCUT2D eigenvalue weighted by molar-refractivity contribution is 5.82. The number of benzene rings is 2. The normalized spacial score (nSPS) is 24.2. The van der Waals surface area contributed by atoms with Crippen LogP contribution in [0.4, 0.5) is 4.79 Å². The molecule has 2 aromatic rings. The lowest BCUT2D eigenvalue weighted by Gasteiger charge is -2.47. The first kappa shape index (κ1) is 22.1. The van der Waals surface area contributed by atoms with Crippen LogP contribution in [0.2, 0.25) is 0 Å². The van der Waals surface area contributed by atoms with Gasteiger partial charge in [0.1, 0.15) is 12.4 Å². The Hall–Kier alpha value is -2.66. The zero-order valence-corrected chi connectivity index (χ0v) is 19.8. The minimum atomic E-state index is -0.281. The second-order valence-corrected chi connectivity index (χ2v) is 10.9. The number of rotatable bonds is 4. The molecule has 0 radical (unpaired) electrons. The highest BCUT2D eigenvalue weighted by Gasteiger charge is 2.45. The number of ketones is 1. The van der Waals surface area contributed by atoms with Gasteiger partial charge in [0.25, 0.3) is 0 Å². The predicted octanol–water partition coefficient (Wildman–Crippen LogP) is 5.42. The fourth-order valence-corrected chi connectivity index (χ4v) is 5.81. The molecule has 3 aliphatic rings. The van der Waals surface area contributed by atoms with Gasteiger partial charge in [0.15, 0.2) is 0 Å². The van der Waals surface area contributed by atoms with E-state index in [0.717, 1.165) is 0 Å². The Morgan fingerprint density at radius 2 is 1.48 bits per heavy atom. The van der Waals surface area contributed by atoms with E-state index in [1.807, 2.05) is 17.0 Å². The van der Waals surface area contributed by atoms with Crippen LogP contribution >= 0.6 is 0 Å². The summed E-state index contributed by atoms with van der Waals surface area (Å²) in [5, 5.41) is 0. The molecule has 2 bridgehead atoms. The van der Waals surface area contributed by atoms with E-state index in [1.54, 1.807) is 0 Å². The number of Topliss-reactive ketones (excluding diaryl/α,β-unsaturated/α-hetero) is 1. The summed E-state index contributed by atoms with van der Waals surface area (Å²) in [5.41, 5.74) is 4.84. The molecule has 2 unspecified atom stereocenters. The average molecular weight is 448 g/mol. The number of fused-ring (bicyclic) bond motifs is 5. The summed E-state index contributed by atoms with van der Waals surface area (Å²) < 4.78 is 11.7. The second-order valence-electron chi connectivity index (χ2n) is 10.9. The quantitative estimate of drug-likeness (QED) is 0.628. The maximum Gasteiger partial charge on any atom is 0.410 e. The lowest BCUT2D eigenvalue weighted by molar-refractivity contribution is -0.132. The molecule has 0 saturated carbocycles. The molecule has 2 atom stereocenters. The average Bonchev–Trinajstić information content (AvgIpc) is 3.09. The van der Waals surface area contributed by atoms with Crippen LogP contribution in [-0.2, 0) is 14.3 Å². The zero-order valence-electron chi connectivity index (χ0n) is 19.8. The molecule has 1 amide bonds. The van der Waals surface area contributed by atoms with Crippen LogP contribution in [-0.4, -0.2) is 48.7 Å². The van der Waals surface area contributed by atoms with Crippen LogP contribution in [0.3, 0.4) is 0 Å². The van der Waals surface area contributed by atoms with Gasteiger partial charge in [0.2, 0.25) is 0 Å². The van der Waals surface area contributed by atoms with Gasteiger partial charge >= 0.3 is 6.09 Å². The summed E-state index contributed by atoms with van der Waals surface area (Å²) in [6.45, 7) is 7.55. The Morgan fingerprint density at radius 3 is 2.03 bits per heavy atom. The number of carbonyl (C=O) groups is 2. The van der Waals surface area contributed by atoms with E-state index in [0.29, 0.717) is 44.9 Å². The summed E-state index contributed by atoms with van der Waals surface area (Å²) in [6, 6.07) is 16.5. The summed E-state index contributed by atoms with van der Waals surface area (Å²) in [4.78, 5) is 28.0. The molecular weight excluding hydrogens is 414 g/mol. The molecule has 0 aromatic heterocycles. The number of amides is 1. The van der Waals surface area contributed by atoms with E-state index in [1.165, 1.54) is 22.3 Å². The van der Waals surface area contributed by atoms with Crippen LogP contribution < -0.4 is 0 Å². The molecule has 2 aliphatic heterocycles. The third kappa shape index (κ3) is 4.31. The molecule has 0 spiro atoms. The highest BCUT2D eigenvalue weighted by atomic mass is 16.6. The van der Waals surface area contributed by atoms with Gasteiger partial charge < -0.3 is 9.47 Å². The number of hydrogen-bond acceptors (Lipinski definition) is 4. The molecular formula is C28H33NO4. The van der Waals surface area contributed by atoms with E-state index < -0.39 is 0 Å². The van der Waals surface area contributed by atoms with Crippen molar-refractivity contribution >= 4 is 11.9 Å². The summed E-state index contributed by atoms with van der Waals surface area (Å²) in [5.74, 6) is 0.357. The molecule has 2 saturated heterocycles. The van der Waals surface area contributed by atoms with E-state index in [9.17, 15) is 9.59 Å². The van der Waals surface area contributed by atoms with Gasteiger partial charge in [-0.2, -0.15) is 0 Å². The fourth-order valence-electron chi connectivity index (χ4n) is 5.81. The Labute approximate surface area is 196 Å². The SMILES string of the molecule is CC(C)(C)CC(=O)C1CC2COCC(C1)N2C(=O)OCC1c2ccccc2-c2ccccc21. The number of carbonyl (C=O) groups excluding carboxylic acids is 2. The summed E-state index contributed by atoms with van der Waals surface area (Å²) in [7, 11) is 0. The Bertz CT molecular complexity index is 996. The molecule has 33 heavy (non-hydrogen) atoms. The minimum absolute atomic E-state index is 0.000705. The van der Waals surface area contributed by atoms with Crippen molar-refractivity contribution in [3.8, 4) is 11.1 Å². The number of piperidine rings is 1. The van der Waals surface area contributed by atoms with Gasteiger partial charge in [0, 0.05) is 18.3 Å². The number of hydrogen-bond donors (Lipinski definition) is 0. The Balaban J connectivity index is 1.28. The third-order valence-electron chi connectivity index (χ3n) is 7.23. The molecule has 2 aromatic carbocycles. The van der Waals surface area contributed by atoms with Gasteiger partial charge in [-0.05, 0) is 40.5 Å². The van der Waals surface area contributed by atoms with Crippen molar-refractivity contribution in [3.05, 3.63) is 59.7 Å². The molecule has 5 nitrogen and oxygen atoms in total. The van der Waals surface area contributed by atoms with Crippen molar-refractivity contribution in [1.29, 1.82) is 0 Å². The van der Waals surface area contributed by atoms with Crippen molar-refractivity contribution in [2.75, 3.05) is 19.8 Å². The highest BCUT2D eigenvalue weighted by Crippen LogP contribution is 2.44. The van der Waals surface area contributed by atoms with Gasteiger partial charge in [0.05, 0.1) is 25.3 Å². The second kappa shape index (κ2) is 8.60. The maximum atomic E-state index is 13.3. The molecule has 5 rings (SSSR count). The molecule has 1 aliphatic carbocycles. The van der Waals surface area contributed by atoms with Crippen LogP contribution in [0.15, 0.2) is 48.5 Å². The van der Waals surface area contributed by atoms with Crippen LogP contribution in [0, 0.1) is 11.3 Å². The van der Waals surface area contributed by atoms with E-state index >= 15 is 0 Å². The van der Waals surface area contributed by atoms with Crippen molar-refractivity contribution in [2.45, 2.75) is 58.0 Å². The minimum Gasteiger partial charge on any atom is -0.448 e. The summed E-state index contributed by atoms with van der Waals surface area (Å²) >= 11 is 0. The van der Waals surface area contributed by atoms with Gasteiger partial charge in [-0.15, -0.1) is 0 Å². The maximum absolute atomic E-state index is 13.3. The largest absolute Gasteiger partial charge is 0.448 e. The molecule has 2 fully saturated rings. The number of morpholine rings is 1. The molecule has 0 N–H and O–H groups in total. The standard InChI is InChI=1S/C28H33NO4/c1-28(2,3)14-26(30)18-12-19-15-32-16-20(13-18)29(19)27(31)33-17-25-23-10-6-4-8-21(23)22-9-5-7-11-24(22)25/h4-11,18-20,25H,12-17H2,1-3H3. The first-order valence-corrected chi connectivity index (χ1v) is 12.1. The Kier molecular flexibility index (Phi) is 5.77. The predicted molar refractivity (Wildman–Crippen MR) is 127 cm³/mol. The van der Waals surface area contributed by atoms with Gasteiger partial charge in [-0.3, -0.25) is 9.69 Å². The van der Waals surface area contributed by atoms with Crippen molar-refractivity contribution in [3.63, 3.8) is 0 Å². The smallest absolute Gasteiger partial charge is 0.410 e.